The van der Waals surface area contributed by atoms with Crippen molar-refractivity contribution in [1.82, 2.24) is 5.32 Å². The summed E-state index contributed by atoms with van der Waals surface area (Å²) < 4.78 is 0.636. The summed E-state index contributed by atoms with van der Waals surface area (Å²) in [6.45, 7) is 0.153. The maximum Gasteiger partial charge on any atom is 0.311 e. The molecule has 0 aromatic heterocycles. The van der Waals surface area contributed by atoms with Crippen LogP contribution < -0.4 is 5.32 Å². The predicted octanol–water partition coefficient (Wildman–Crippen LogP) is 3.87. The van der Waals surface area contributed by atoms with E-state index >= 15 is 0 Å². The molecule has 1 aromatic rings. The lowest BCUT2D eigenvalue weighted by molar-refractivity contribution is -0.150. The summed E-state index contributed by atoms with van der Waals surface area (Å²) in [5, 5.41) is 12.7. The van der Waals surface area contributed by atoms with Gasteiger partial charge in [0.25, 0.3) is 5.91 Å². The van der Waals surface area contributed by atoms with Crippen molar-refractivity contribution in [2.45, 2.75) is 32.1 Å². The zero-order chi connectivity index (χ0) is 15.5. The van der Waals surface area contributed by atoms with Gasteiger partial charge < -0.3 is 10.4 Å². The maximum atomic E-state index is 12.2. The molecule has 2 N–H and O–H groups in total. The Morgan fingerprint density at radius 1 is 1.29 bits per heavy atom. The number of carboxylic acids is 1. The first-order chi connectivity index (χ1) is 9.94. The molecule has 0 spiro atoms. The van der Waals surface area contributed by atoms with Gasteiger partial charge >= 0.3 is 5.97 Å². The molecule has 1 aliphatic rings. The fourth-order valence-corrected chi connectivity index (χ4v) is 3.31. The van der Waals surface area contributed by atoms with E-state index in [1.807, 2.05) is 0 Å². The molecule has 0 aliphatic heterocycles. The molecule has 0 radical (unpaired) electrons. The number of hydrogen-bond donors (Lipinski definition) is 2. The topological polar surface area (TPSA) is 66.4 Å². The van der Waals surface area contributed by atoms with E-state index in [2.05, 4.69) is 21.2 Å². The van der Waals surface area contributed by atoms with E-state index in [4.69, 9.17) is 11.6 Å². The molecule has 0 saturated heterocycles. The van der Waals surface area contributed by atoms with Crippen molar-refractivity contribution < 1.29 is 14.7 Å². The van der Waals surface area contributed by atoms with Gasteiger partial charge in [0.2, 0.25) is 0 Å². The van der Waals surface area contributed by atoms with Crippen LogP contribution in [0.5, 0.6) is 0 Å². The highest BCUT2D eigenvalue weighted by molar-refractivity contribution is 9.10. The van der Waals surface area contributed by atoms with Gasteiger partial charge in [-0.05, 0) is 47.0 Å². The fraction of sp³-hybridized carbons (Fsp3) is 0.467. The molecule has 1 saturated carbocycles. The molecule has 21 heavy (non-hydrogen) atoms. The maximum absolute atomic E-state index is 12.2. The first kappa shape index (κ1) is 16.3. The highest BCUT2D eigenvalue weighted by atomic mass is 79.9. The van der Waals surface area contributed by atoms with Gasteiger partial charge in [-0.1, -0.05) is 30.9 Å². The minimum Gasteiger partial charge on any atom is -0.481 e. The number of rotatable bonds is 4. The smallest absolute Gasteiger partial charge is 0.311 e. The van der Waals surface area contributed by atoms with E-state index in [-0.39, 0.29) is 12.5 Å². The summed E-state index contributed by atoms with van der Waals surface area (Å²) in [6.07, 6.45) is 4.06. The van der Waals surface area contributed by atoms with Crippen molar-refractivity contribution in [2.24, 2.45) is 5.41 Å². The van der Waals surface area contributed by atoms with Crippen LogP contribution in [-0.2, 0) is 4.79 Å². The van der Waals surface area contributed by atoms with Crippen LogP contribution in [0.3, 0.4) is 0 Å². The quantitative estimate of drug-likeness (QED) is 0.841. The summed E-state index contributed by atoms with van der Waals surface area (Å²) in [5.41, 5.74) is -0.419. The first-order valence-electron chi connectivity index (χ1n) is 6.91. The summed E-state index contributed by atoms with van der Waals surface area (Å²) in [7, 11) is 0. The van der Waals surface area contributed by atoms with E-state index in [9.17, 15) is 14.7 Å². The van der Waals surface area contributed by atoms with Crippen LogP contribution >= 0.6 is 27.5 Å². The summed E-state index contributed by atoms with van der Waals surface area (Å²) in [6, 6.07) is 4.95. The summed E-state index contributed by atoms with van der Waals surface area (Å²) >= 11 is 9.20. The van der Waals surface area contributed by atoms with E-state index < -0.39 is 11.4 Å². The van der Waals surface area contributed by atoms with Crippen molar-refractivity contribution >= 4 is 39.4 Å². The Hall–Kier alpha value is -1.07. The summed E-state index contributed by atoms with van der Waals surface area (Å²) in [4.78, 5) is 23.8. The molecule has 1 aromatic carbocycles. The van der Waals surface area contributed by atoms with Crippen LogP contribution in [0.4, 0.5) is 0 Å². The Balaban J connectivity index is 2.08. The lowest BCUT2D eigenvalue weighted by atomic mass is 9.74. The van der Waals surface area contributed by atoms with Crippen LogP contribution in [-0.4, -0.2) is 23.5 Å². The highest BCUT2D eigenvalue weighted by Crippen LogP contribution is 2.36. The third-order valence-electron chi connectivity index (χ3n) is 4.02. The molecule has 6 heteroatoms. The van der Waals surface area contributed by atoms with E-state index in [0.717, 1.165) is 19.3 Å². The Kier molecular flexibility index (Phi) is 5.27. The van der Waals surface area contributed by atoms with Gasteiger partial charge in [0.05, 0.1) is 11.0 Å². The number of carbonyl (C=O) groups excluding carboxylic acids is 1. The van der Waals surface area contributed by atoms with Gasteiger partial charge in [0, 0.05) is 16.0 Å². The molecule has 0 heterocycles. The van der Waals surface area contributed by atoms with Gasteiger partial charge in [0.1, 0.15) is 0 Å². The monoisotopic (exact) mass is 373 g/mol. The van der Waals surface area contributed by atoms with Crippen molar-refractivity contribution in [2.75, 3.05) is 6.54 Å². The molecular formula is C15H17BrClNO3. The van der Waals surface area contributed by atoms with Gasteiger partial charge in [0.15, 0.2) is 0 Å². The number of carbonyl (C=O) groups is 2. The van der Waals surface area contributed by atoms with E-state index in [1.54, 1.807) is 18.2 Å². The second-order valence-corrected chi connectivity index (χ2v) is 6.74. The number of halogens is 2. The lowest BCUT2D eigenvalue weighted by Crippen LogP contribution is -2.44. The molecule has 0 atom stereocenters. The predicted molar refractivity (Wildman–Crippen MR) is 84.6 cm³/mol. The minimum absolute atomic E-state index is 0.153. The molecular weight excluding hydrogens is 358 g/mol. The standard InChI is InChI=1S/C15H17BrClNO3/c16-12-5-4-10(17)8-11(12)13(19)18-9-15(14(20)21)6-2-1-3-7-15/h4-5,8H,1-3,6-7,9H2,(H,18,19)(H,20,21). The van der Waals surface area contributed by atoms with E-state index in [0.29, 0.717) is 27.9 Å². The number of amides is 1. The second kappa shape index (κ2) is 6.79. The highest BCUT2D eigenvalue weighted by Gasteiger charge is 2.39. The molecule has 4 nitrogen and oxygen atoms in total. The number of benzene rings is 1. The Labute approximate surface area is 137 Å². The van der Waals surface area contributed by atoms with E-state index in [1.165, 1.54) is 0 Å². The number of nitrogens with one attached hydrogen (secondary N) is 1. The minimum atomic E-state index is -0.834. The van der Waals surface area contributed by atoms with Crippen LogP contribution in [0.25, 0.3) is 0 Å². The molecule has 0 bridgehead atoms. The second-order valence-electron chi connectivity index (χ2n) is 5.45. The van der Waals surface area contributed by atoms with Crippen LogP contribution in [0.2, 0.25) is 5.02 Å². The third-order valence-corrected chi connectivity index (χ3v) is 4.95. The zero-order valence-corrected chi connectivity index (χ0v) is 13.8. The molecule has 114 valence electrons. The van der Waals surface area contributed by atoms with Crippen molar-refractivity contribution in [3.8, 4) is 0 Å². The van der Waals surface area contributed by atoms with Crippen molar-refractivity contribution in [3.63, 3.8) is 0 Å². The third kappa shape index (κ3) is 3.77. The van der Waals surface area contributed by atoms with Gasteiger partial charge in [-0.2, -0.15) is 0 Å². The molecule has 1 fully saturated rings. The Bertz CT molecular complexity index is 556. The van der Waals surface area contributed by atoms with Crippen molar-refractivity contribution in [3.05, 3.63) is 33.3 Å². The first-order valence-corrected chi connectivity index (χ1v) is 8.08. The number of carboxylic acid groups (broad SMARTS) is 1. The molecule has 1 amide bonds. The lowest BCUT2D eigenvalue weighted by Gasteiger charge is -2.33. The number of hydrogen-bond acceptors (Lipinski definition) is 2. The summed E-state index contributed by atoms with van der Waals surface area (Å²) in [5.74, 6) is -1.14. The average Bonchev–Trinajstić information content (AvgIpc) is 2.48. The normalized spacial score (nSPS) is 17.2. The fourth-order valence-electron chi connectivity index (χ4n) is 2.71. The van der Waals surface area contributed by atoms with Gasteiger partial charge in [-0.3, -0.25) is 9.59 Å². The van der Waals surface area contributed by atoms with Crippen LogP contribution in [0.15, 0.2) is 22.7 Å². The Morgan fingerprint density at radius 2 is 1.95 bits per heavy atom. The molecule has 0 unspecified atom stereocenters. The van der Waals surface area contributed by atoms with Crippen LogP contribution in [0.1, 0.15) is 42.5 Å². The average molecular weight is 375 g/mol. The van der Waals surface area contributed by atoms with Gasteiger partial charge in [-0.15, -0.1) is 0 Å². The largest absolute Gasteiger partial charge is 0.481 e. The number of aliphatic carboxylic acids is 1. The molecule has 2 rings (SSSR count). The van der Waals surface area contributed by atoms with Gasteiger partial charge in [-0.25, -0.2) is 0 Å². The Morgan fingerprint density at radius 3 is 2.57 bits per heavy atom. The van der Waals surface area contributed by atoms with Crippen molar-refractivity contribution in [1.29, 1.82) is 0 Å². The zero-order valence-electron chi connectivity index (χ0n) is 11.5. The molecule has 1 aliphatic carbocycles. The van der Waals surface area contributed by atoms with Crippen LogP contribution in [0, 0.1) is 5.41 Å². The SMILES string of the molecule is O=C(NCC1(C(=O)O)CCCCC1)c1cc(Cl)ccc1Br.